The van der Waals surface area contributed by atoms with Gasteiger partial charge in [-0.15, -0.1) is 0 Å². The van der Waals surface area contributed by atoms with Gasteiger partial charge in [0, 0.05) is 13.1 Å². The van der Waals surface area contributed by atoms with E-state index < -0.39 is 0 Å². The molecule has 0 aromatic heterocycles. The number of nitrogens with one attached hydrogen (secondary N) is 1. The Morgan fingerprint density at radius 3 is 2.84 bits per heavy atom. The minimum Gasteiger partial charge on any atom is -0.491 e. The molecule has 0 aliphatic carbocycles. The van der Waals surface area contributed by atoms with Crippen LogP contribution in [0.2, 0.25) is 0 Å². The molecule has 0 bridgehead atoms. The highest BCUT2D eigenvalue weighted by atomic mass is 16.5. The van der Waals surface area contributed by atoms with Gasteiger partial charge in [0.25, 0.3) is 0 Å². The largest absolute Gasteiger partial charge is 0.491 e. The van der Waals surface area contributed by atoms with Crippen molar-refractivity contribution in [2.75, 3.05) is 43.8 Å². The third-order valence-electron chi connectivity index (χ3n) is 3.47. The smallest absolute Gasteiger partial charge is 0.144 e. The lowest BCUT2D eigenvalue weighted by molar-refractivity contribution is 0.319. The van der Waals surface area contributed by atoms with E-state index in [2.05, 4.69) is 17.1 Å². The first-order valence-electron chi connectivity index (χ1n) is 7.28. The highest BCUT2D eigenvalue weighted by Crippen LogP contribution is 2.29. The minimum atomic E-state index is 0.710. The average Bonchev–Trinajstić information content (AvgIpc) is 2.92. The Labute approximate surface area is 115 Å². The van der Waals surface area contributed by atoms with Crippen molar-refractivity contribution in [1.29, 1.82) is 0 Å². The third kappa shape index (κ3) is 4.03. The van der Waals surface area contributed by atoms with Crippen molar-refractivity contribution >= 4 is 11.4 Å². The molecule has 1 fully saturated rings. The quantitative estimate of drug-likeness (QED) is 0.742. The van der Waals surface area contributed by atoms with Gasteiger partial charge in [0.15, 0.2) is 0 Å². The zero-order chi connectivity index (χ0) is 13.5. The minimum absolute atomic E-state index is 0.710. The summed E-state index contributed by atoms with van der Waals surface area (Å²) in [5.74, 6) is 0.785. The molecule has 4 nitrogen and oxygen atoms in total. The van der Waals surface area contributed by atoms with Crippen LogP contribution in [0.3, 0.4) is 0 Å². The van der Waals surface area contributed by atoms with Crippen molar-refractivity contribution in [2.24, 2.45) is 0 Å². The summed E-state index contributed by atoms with van der Waals surface area (Å²) in [5.41, 5.74) is 7.82. The summed E-state index contributed by atoms with van der Waals surface area (Å²) < 4.78 is 5.63. The lowest BCUT2D eigenvalue weighted by Gasteiger charge is -2.17. The van der Waals surface area contributed by atoms with Gasteiger partial charge in [-0.05, 0) is 44.5 Å². The topological polar surface area (TPSA) is 50.5 Å². The SMILES string of the molecule is CCCOc1cccc(NCCN2CCCC2)c1N. The average molecular weight is 263 g/mol. The number of para-hydroxylation sites is 1. The lowest BCUT2D eigenvalue weighted by atomic mass is 10.2. The summed E-state index contributed by atoms with van der Waals surface area (Å²) in [6.07, 6.45) is 3.66. The van der Waals surface area contributed by atoms with Gasteiger partial charge in [-0.2, -0.15) is 0 Å². The summed E-state index contributed by atoms with van der Waals surface area (Å²) in [4.78, 5) is 2.49. The summed E-state index contributed by atoms with van der Waals surface area (Å²) in [7, 11) is 0. The number of benzene rings is 1. The van der Waals surface area contributed by atoms with Gasteiger partial charge in [-0.3, -0.25) is 0 Å². The third-order valence-corrected chi connectivity index (χ3v) is 3.47. The van der Waals surface area contributed by atoms with Gasteiger partial charge in [0.1, 0.15) is 5.75 Å². The highest BCUT2D eigenvalue weighted by molar-refractivity contribution is 5.72. The molecule has 106 valence electrons. The van der Waals surface area contributed by atoms with Gasteiger partial charge < -0.3 is 20.7 Å². The molecule has 3 N–H and O–H groups in total. The highest BCUT2D eigenvalue weighted by Gasteiger charge is 2.11. The van der Waals surface area contributed by atoms with E-state index in [1.165, 1.54) is 25.9 Å². The Hall–Kier alpha value is -1.42. The molecule has 1 heterocycles. The second-order valence-electron chi connectivity index (χ2n) is 5.04. The standard InChI is InChI=1S/C15H25N3O/c1-2-12-19-14-7-5-6-13(15(14)16)17-8-11-18-9-3-4-10-18/h5-7,17H,2-4,8-12,16H2,1H3. The molecular formula is C15H25N3O. The maximum Gasteiger partial charge on any atom is 0.144 e. The normalized spacial score (nSPS) is 15.6. The molecule has 0 radical (unpaired) electrons. The summed E-state index contributed by atoms with van der Waals surface area (Å²) >= 11 is 0. The number of nitrogen functional groups attached to an aromatic ring is 1. The molecule has 1 aliphatic heterocycles. The number of hydrogen-bond donors (Lipinski definition) is 2. The number of nitrogens with zero attached hydrogens (tertiary/aromatic N) is 1. The van der Waals surface area contributed by atoms with E-state index in [0.29, 0.717) is 6.61 Å². The predicted octanol–water partition coefficient (Wildman–Crippen LogP) is 2.57. The zero-order valence-corrected chi connectivity index (χ0v) is 11.8. The number of rotatable bonds is 7. The van der Waals surface area contributed by atoms with Crippen LogP contribution in [0, 0.1) is 0 Å². The monoisotopic (exact) mass is 263 g/mol. The first-order valence-corrected chi connectivity index (χ1v) is 7.28. The van der Waals surface area contributed by atoms with Gasteiger partial charge in [-0.25, -0.2) is 0 Å². The molecule has 19 heavy (non-hydrogen) atoms. The van der Waals surface area contributed by atoms with Crippen LogP contribution in [0.15, 0.2) is 18.2 Å². The first-order chi connectivity index (χ1) is 9.31. The van der Waals surface area contributed by atoms with Gasteiger partial charge in [-0.1, -0.05) is 13.0 Å². The van der Waals surface area contributed by atoms with E-state index in [1.54, 1.807) is 0 Å². The Morgan fingerprint density at radius 2 is 2.11 bits per heavy atom. The summed E-state index contributed by atoms with van der Waals surface area (Å²) in [6.45, 7) is 7.28. The number of likely N-dealkylation sites (tertiary alicyclic amines) is 1. The Balaban J connectivity index is 1.84. The zero-order valence-electron chi connectivity index (χ0n) is 11.8. The van der Waals surface area contributed by atoms with E-state index >= 15 is 0 Å². The molecule has 2 rings (SSSR count). The predicted molar refractivity (Wildman–Crippen MR) is 80.8 cm³/mol. The molecule has 1 aromatic carbocycles. The fourth-order valence-electron chi connectivity index (χ4n) is 2.39. The maximum absolute atomic E-state index is 6.12. The number of anilines is 2. The number of nitrogens with two attached hydrogens (primary N) is 1. The van der Waals surface area contributed by atoms with Gasteiger partial charge in [0.2, 0.25) is 0 Å². The van der Waals surface area contributed by atoms with E-state index in [0.717, 1.165) is 36.6 Å². The summed E-state index contributed by atoms with van der Waals surface area (Å²) in [6, 6.07) is 5.92. The maximum atomic E-state index is 6.12. The van der Waals surface area contributed by atoms with Crippen molar-refractivity contribution in [3.05, 3.63) is 18.2 Å². The Bertz CT molecular complexity index is 389. The molecule has 0 unspecified atom stereocenters. The fourth-order valence-corrected chi connectivity index (χ4v) is 2.39. The van der Waals surface area contributed by atoms with Crippen LogP contribution < -0.4 is 15.8 Å². The Morgan fingerprint density at radius 1 is 1.32 bits per heavy atom. The second kappa shape index (κ2) is 7.24. The van der Waals surface area contributed by atoms with Crippen LogP contribution in [0.4, 0.5) is 11.4 Å². The molecule has 0 saturated carbocycles. The van der Waals surface area contributed by atoms with E-state index in [-0.39, 0.29) is 0 Å². The van der Waals surface area contributed by atoms with E-state index in [4.69, 9.17) is 10.5 Å². The van der Waals surface area contributed by atoms with Crippen molar-refractivity contribution in [2.45, 2.75) is 26.2 Å². The first kappa shape index (κ1) is 14.0. The molecule has 1 aliphatic rings. The molecular weight excluding hydrogens is 238 g/mol. The number of hydrogen-bond acceptors (Lipinski definition) is 4. The molecule has 4 heteroatoms. The Kier molecular flexibility index (Phi) is 5.33. The summed E-state index contributed by atoms with van der Waals surface area (Å²) in [5, 5.41) is 3.41. The molecule has 1 aromatic rings. The van der Waals surface area contributed by atoms with Crippen LogP contribution in [0.25, 0.3) is 0 Å². The fraction of sp³-hybridized carbons (Fsp3) is 0.600. The molecule has 0 amide bonds. The van der Waals surface area contributed by atoms with E-state index in [1.807, 2.05) is 18.2 Å². The van der Waals surface area contributed by atoms with E-state index in [9.17, 15) is 0 Å². The van der Waals surface area contributed by atoms with Gasteiger partial charge in [0.05, 0.1) is 18.0 Å². The van der Waals surface area contributed by atoms with Crippen LogP contribution >= 0.6 is 0 Å². The van der Waals surface area contributed by atoms with Crippen LogP contribution in [-0.2, 0) is 0 Å². The van der Waals surface area contributed by atoms with Crippen molar-refractivity contribution in [3.63, 3.8) is 0 Å². The van der Waals surface area contributed by atoms with Crippen molar-refractivity contribution in [1.82, 2.24) is 4.90 Å². The molecule has 0 atom stereocenters. The van der Waals surface area contributed by atoms with Crippen molar-refractivity contribution in [3.8, 4) is 5.75 Å². The van der Waals surface area contributed by atoms with Crippen LogP contribution in [0.1, 0.15) is 26.2 Å². The second-order valence-corrected chi connectivity index (χ2v) is 5.04. The molecule has 0 spiro atoms. The molecule has 1 saturated heterocycles. The van der Waals surface area contributed by atoms with Crippen molar-refractivity contribution < 1.29 is 4.74 Å². The van der Waals surface area contributed by atoms with Crippen LogP contribution in [-0.4, -0.2) is 37.7 Å². The van der Waals surface area contributed by atoms with Gasteiger partial charge >= 0.3 is 0 Å². The number of ether oxygens (including phenoxy) is 1. The van der Waals surface area contributed by atoms with Crippen LogP contribution in [0.5, 0.6) is 5.75 Å². The lowest BCUT2D eigenvalue weighted by Crippen LogP contribution is -2.26.